The molecule has 3 aromatic rings. The van der Waals surface area contributed by atoms with Gasteiger partial charge in [0.2, 0.25) is 29.5 Å². The van der Waals surface area contributed by atoms with E-state index in [0.29, 0.717) is 28.8 Å². The van der Waals surface area contributed by atoms with Crippen LogP contribution in [0.1, 0.15) is 49.8 Å². The van der Waals surface area contributed by atoms with Crippen LogP contribution in [0.25, 0.3) is 0 Å². The number of aromatic nitrogens is 1. The van der Waals surface area contributed by atoms with Gasteiger partial charge in [-0.3, -0.25) is 33.9 Å². The Kier molecular flexibility index (Phi) is 17.2. The van der Waals surface area contributed by atoms with Crippen LogP contribution in [0.3, 0.4) is 0 Å². The second kappa shape index (κ2) is 21.9. The molecule has 2 aromatic carbocycles. The molecule has 5 amide bonds. The Labute approximate surface area is 324 Å². The number of hydrogen-bond donors (Lipinski definition) is 9. The number of amides is 5. The number of nitrogens with two attached hydrogens (primary N) is 5. The molecular formula is C38H51FN12O5. The molecular weight excluding hydrogens is 723 g/mol. The van der Waals surface area contributed by atoms with E-state index in [4.69, 9.17) is 28.7 Å². The van der Waals surface area contributed by atoms with E-state index in [0.717, 1.165) is 0 Å². The summed E-state index contributed by atoms with van der Waals surface area (Å²) in [6, 6.07) is 10.7. The Morgan fingerprint density at radius 3 is 1.79 bits per heavy atom. The molecule has 14 N–H and O–H groups in total. The van der Waals surface area contributed by atoms with Crippen LogP contribution in [-0.4, -0.2) is 77.2 Å². The standard InChI is InChI=1S/C38H51FN12O5/c1-22(2)17-29(34(54)49-28(33(40)53)6-4-16-46-37(41)42)50-36(56)31(19-24-9-13-27(14-10-24)47-38(43)44)51-35(55)30(18-23-7-11-26(39)12-8-23)48-32(52)20-25-5-3-15-45-21-25/h3,5,7-15,21-22,28-31H,4,6,16-20H2,1-2H3,(H2,40,53)(H,48,52)(H,49,54)(H,50,56)(H,51,55)(H4,41,42,46)(H4,43,44,47)/t28-,29-,30-,31-/m0/s1. The van der Waals surface area contributed by atoms with E-state index in [1.165, 1.54) is 30.5 Å². The van der Waals surface area contributed by atoms with Gasteiger partial charge >= 0.3 is 0 Å². The predicted molar refractivity (Wildman–Crippen MR) is 210 cm³/mol. The van der Waals surface area contributed by atoms with Crippen molar-refractivity contribution in [3.8, 4) is 0 Å². The number of nitrogens with one attached hydrogen (secondary N) is 4. The van der Waals surface area contributed by atoms with Gasteiger partial charge in [-0.1, -0.05) is 44.2 Å². The lowest BCUT2D eigenvalue weighted by Crippen LogP contribution is -2.59. The van der Waals surface area contributed by atoms with Crippen molar-refractivity contribution in [1.82, 2.24) is 26.3 Å². The maximum absolute atomic E-state index is 14.1. The monoisotopic (exact) mass is 774 g/mol. The zero-order valence-corrected chi connectivity index (χ0v) is 31.4. The van der Waals surface area contributed by atoms with Gasteiger partial charge in [-0.15, -0.1) is 0 Å². The molecule has 0 saturated carbocycles. The summed E-state index contributed by atoms with van der Waals surface area (Å²) < 4.78 is 13.8. The highest BCUT2D eigenvalue weighted by Gasteiger charge is 2.32. The molecule has 17 nitrogen and oxygen atoms in total. The SMILES string of the molecule is CC(C)C[C@H](NC(=O)[C@H](Cc1ccc(N=C(N)N)cc1)NC(=O)[C@H](Cc1ccc(F)cc1)NC(=O)Cc1cccnc1)C(=O)N[C@@H](CCCN=C(N)N)C(N)=O. The number of nitrogens with zero attached hydrogens (tertiary/aromatic N) is 3. The molecule has 0 aliphatic rings. The third-order valence-electron chi connectivity index (χ3n) is 8.30. The third-order valence-corrected chi connectivity index (χ3v) is 8.30. The first-order valence-corrected chi connectivity index (χ1v) is 18.0. The highest BCUT2D eigenvalue weighted by atomic mass is 19.1. The molecule has 0 spiro atoms. The summed E-state index contributed by atoms with van der Waals surface area (Å²) in [7, 11) is 0. The second-order valence-electron chi connectivity index (χ2n) is 13.6. The van der Waals surface area contributed by atoms with Crippen LogP contribution in [0.15, 0.2) is 83.0 Å². The van der Waals surface area contributed by atoms with E-state index in [1.807, 2.05) is 13.8 Å². The van der Waals surface area contributed by atoms with Crippen molar-refractivity contribution in [3.05, 3.63) is 95.6 Å². The van der Waals surface area contributed by atoms with Gasteiger partial charge < -0.3 is 49.9 Å². The van der Waals surface area contributed by atoms with Crippen molar-refractivity contribution >= 4 is 47.1 Å². The molecule has 1 heterocycles. The van der Waals surface area contributed by atoms with Crippen LogP contribution in [0.2, 0.25) is 0 Å². The summed E-state index contributed by atoms with van der Waals surface area (Å²) in [5, 5.41) is 10.9. The minimum atomic E-state index is -1.28. The zero-order chi connectivity index (χ0) is 41.2. The molecule has 3 rings (SSSR count). The van der Waals surface area contributed by atoms with E-state index in [2.05, 4.69) is 36.2 Å². The quantitative estimate of drug-likeness (QED) is 0.0386. The van der Waals surface area contributed by atoms with E-state index in [9.17, 15) is 28.4 Å². The number of hydrogen-bond acceptors (Lipinski definition) is 8. The Hall–Kier alpha value is -6.59. The van der Waals surface area contributed by atoms with Crippen molar-refractivity contribution in [2.75, 3.05) is 6.54 Å². The summed E-state index contributed by atoms with van der Waals surface area (Å²) in [5.74, 6) is -4.23. The van der Waals surface area contributed by atoms with Crippen LogP contribution < -0.4 is 49.9 Å². The predicted octanol–water partition coefficient (Wildman–Crippen LogP) is -0.322. The average Bonchev–Trinajstić information content (AvgIpc) is 3.13. The molecule has 0 unspecified atom stereocenters. The maximum atomic E-state index is 14.1. The number of aliphatic imine (C=N–C) groups is 2. The number of primary amides is 1. The first kappa shape index (κ1) is 43.8. The topological polar surface area (TPSA) is 301 Å². The summed E-state index contributed by atoms with van der Waals surface area (Å²) in [6.07, 6.45) is 3.55. The fraction of sp³-hybridized carbons (Fsp3) is 0.368. The lowest BCUT2D eigenvalue weighted by atomic mass is 9.99. The first-order valence-electron chi connectivity index (χ1n) is 18.0. The molecule has 0 radical (unpaired) electrons. The Balaban J connectivity index is 1.91. The molecule has 0 aliphatic heterocycles. The highest BCUT2D eigenvalue weighted by Crippen LogP contribution is 2.16. The number of guanidine groups is 2. The lowest BCUT2D eigenvalue weighted by molar-refractivity contribution is -0.134. The number of carbonyl (C=O) groups excluding carboxylic acids is 5. The second-order valence-corrected chi connectivity index (χ2v) is 13.6. The van der Waals surface area contributed by atoms with Gasteiger partial charge in [-0.2, -0.15) is 0 Å². The highest BCUT2D eigenvalue weighted by molar-refractivity contribution is 5.95. The van der Waals surface area contributed by atoms with Crippen molar-refractivity contribution in [3.63, 3.8) is 0 Å². The third kappa shape index (κ3) is 15.8. The summed E-state index contributed by atoms with van der Waals surface area (Å²) >= 11 is 0. The minimum Gasteiger partial charge on any atom is -0.370 e. The van der Waals surface area contributed by atoms with E-state index >= 15 is 0 Å². The van der Waals surface area contributed by atoms with Gasteiger partial charge in [-0.05, 0) is 72.2 Å². The smallest absolute Gasteiger partial charge is 0.243 e. The normalized spacial score (nSPS) is 12.9. The van der Waals surface area contributed by atoms with Crippen LogP contribution >= 0.6 is 0 Å². The number of rotatable bonds is 21. The molecule has 1 aromatic heterocycles. The largest absolute Gasteiger partial charge is 0.370 e. The summed E-state index contributed by atoms with van der Waals surface area (Å²) in [5.41, 5.74) is 29.5. The molecule has 300 valence electrons. The number of halogens is 1. The van der Waals surface area contributed by atoms with Crippen LogP contribution in [0, 0.1) is 11.7 Å². The van der Waals surface area contributed by atoms with Gasteiger partial charge in [0.1, 0.15) is 30.0 Å². The number of pyridine rings is 1. The fourth-order valence-corrected chi connectivity index (χ4v) is 5.61. The van der Waals surface area contributed by atoms with E-state index < -0.39 is 59.5 Å². The lowest BCUT2D eigenvalue weighted by Gasteiger charge is -2.27. The summed E-state index contributed by atoms with van der Waals surface area (Å²) in [6.45, 7) is 3.90. The molecule has 0 aliphatic carbocycles. The first-order chi connectivity index (χ1) is 26.6. The van der Waals surface area contributed by atoms with Gasteiger partial charge in [-0.25, -0.2) is 9.38 Å². The maximum Gasteiger partial charge on any atom is 0.243 e. The van der Waals surface area contributed by atoms with Gasteiger partial charge in [0.15, 0.2) is 11.9 Å². The Morgan fingerprint density at radius 2 is 1.25 bits per heavy atom. The Bertz CT molecular complexity index is 1830. The molecule has 0 bridgehead atoms. The van der Waals surface area contributed by atoms with Crippen molar-refractivity contribution in [2.24, 2.45) is 44.6 Å². The van der Waals surface area contributed by atoms with Crippen LogP contribution in [0.4, 0.5) is 10.1 Å². The molecule has 56 heavy (non-hydrogen) atoms. The molecule has 18 heteroatoms. The van der Waals surface area contributed by atoms with Crippen molar-refractivity contribution in [2.45, 2.75) is 76.5 Å². The number of carbonyl (C=O) groups is 5. The van der Waals surface area contributed by atoms with Gasteiger partial charge in [0.05, 0.1) is 12.1 Å². The average molecular weight is 775 g/mol. The van der Waals surface area contributed by atoms with Crippen molar-refractivity contribution < 1.29 is 28.4 Å². The van der Waals surface area contributed by atoms with E-state index in [-0.39, 0.29) is 56.5 Å². The van der Waals surface area contributed by atoms with Crippen LogP contribution in [-0.2, 0) is 43.2 Å². The van der Waals surface area contributed by atoms with Crippen LogP contribution in [0.5, 0.6) is 0 Å². The number of benzene rings is 2. The molecule has 4 atom stereocenters. The Morgan fingerprint density at radius 1 is 0.696 bits per heavy atom. The fourth-order valence-electron chi connectivity index (χ4n) is 5.61. The molecule has 0 fully saturated rings. The van der Waals surface area contributed by atoms with E-state index in [1.54, 1.807) is 42.6 Å². The van der Waals surface area contributed by atoms with Gasteiger partial charge in [0, 0.05) is 31.8 Å². The van der Waals surface area contributed by atoms with Gasteiger partial charge in [0.25, 0.3) is 0 Å². The zero-order valence-electron chi connectivity index (χ0n) is 31.4. The molecule has 0 saturated heterocycles. The van der Waals surface area contributed by atoms with Crippen molar-refractivity contribution in [1.29, 1.82) is 0 Å². The summed E-state index contributed by atoms with van der Waals surface area (Å²) in [4.78, 5) is 79.2. The minimum absolute atomic E-state index is 0.0392.